The topological polar surface area (TPSA) is 119 Å². The molecule has 4 heterocycles. The van der Waals surface area contributed by atoms with Crippen LogP contribution >= 0.6 is 0 Å². The highest BCUT2D eigenvalue weighted by atomic mass is 32.2. The van der Waals surface area contributed by atoms with E-state index in [2.05, 4.69) is 58.6 Å². The quantitative estimate of drug-likeness (QED) is 0.230. The van der Waals surface area contributed by atoms with E-state index in [-0.39, 0.29) is 0 Å². The molecule has 3 N–H and O–H groups in total. The molecule has 0 atom stereocenters. The molecule has 0 bridgehead atoms. The van der Waals surface area contributed by atoms with E-state index in [1.807, 2.05) is 30.5 Å². The minimum absolute atomic E-state index is 0.398. The van der Waals surface area contributed by atoms with Crippen molar-refractivity contribution in [3.05, 3.63) is 59.3 Å². The number of piperidine rings is 1. The third-order valence-corrected chi connectivity index (χ3v) is 9.91. The van der Waals surface area contributed by atoms with Gasteiger partial charge in [-0.1, -0.05) is 12.1 Å². The number of aromatic nitrogens is 3. The normalized spacial score (nSPS) is 16.1. The first-order chi connectivity index (χ1) is 21.1. The summed E-state index contributed by atoms with van der Waals surface area (Å²) in [6.45, 7) is 6.98. The Morgan fingerprint density at radius 2 is 1.86 bits per heavy atom. The largest absolute Gasteiger partial charge is 0.495 e. The van der Waals surface area contributed by atoms with Crippen molar-refractivity contribution in [2.24, 2.45) is 0 Å². The SMILES string of the molecule is COc1cc(C2CCN(CCN(C)C)CC2)c(C)cc1Nc1nc(Nc2cccc3c2N(S(C)(=O)=O)CC3)c2cc[nH]c2n1. The summed E-state index contributed by atoms with van der Waals surface area (Å²) in [5.41, 5.74) is 6.32. The number of likely N-dealkylation sites (N-methyl/N-ethyl adjacent to an activating group) is 1. The number of hydrogen-bond acceptors (Lipinski definition) is 9. The van der Waals surface area contributed by atoms with E-state index < -0.39 is 10.0 Å². The van der Waals surface area contributed by atoms with Gasteiger partial charge < -0.3 is 30.2 Å². The van der Waals surface area contributed by atoms with Crippen LogP contribution in [0.4, 0.5) is 28.8 Å². The van der Waals surface area contributed by atoms with Gasteiger partial charge in [0.15, 0.2) is 0 Å². The van der Waals surface area contributed by atoms with Gasteiger partial charge in [-0.05, 0) is 100 Å². The summed E-state index contributed by atoms with van der Waals surface area (Å²) in [5, 5.41) is 7.61. The first-order valence-electron chi connectivity index (χ1n) is 15.1. The molecule has 1 saturated heterocycles. The third-order valence-electron chi connectivity index (χ3n) is 8.75. The second-order valence-corrected chi connectivity index (χ2v) is 14.0. The summed E-state index contributed by atoms with van der Waals surface area (Å²) in [5.74, 6) is 2.21. The minimum Gasteiger partial charge on any atom is -0.495 e. The molecule has 2 aliphatic heterocycles. The predicted molar refractivity (Wildman–Crippen MR) is 177 cm³/mol. The van der Waals surface area contributed by atoms with Crippen LogP contribution < -0.4 is 19.7 Å². The maximum absolute atomic E-state index is 12.5. The Morgan fingerprint density at radius 1 is 1.07 bits per heavy atom. The number of benzene rings is 2. The van der Waals surface area contributed by atoms with Crippen molar-refractivity contribution in [2.75, 3.05) is 75.1 Å². The van der Waals surface area contributed by atoms with Crippen LogP contribution in [-0.2, 0) is 16.4 Å². The summed E-state index contributed by atoms with van der Waals surface area (Å²) in [6, 6.07) is 12.0. The van der Waals surface area contributed by atoms with Crippen molar-refractivity contribution in [1.82, 2.24) is 24.8 Å². The molecule has 2 aromatic heterocycles. The highest BCUT2D eigenvalue weighted by Crippen LogP contribution is 2.40. The molecule has 2 aromatic carbocycles. The van der Waals surface area contributed by atoms with Crippen LogP contribution in [0.2, 0.25) is 0 Å². The van der Waals surface area contributed by atoms with Crippen LogP contribution in [-0.4, -0.2) is 93.4 Å². The summed E-state index contributed by atoms with van der Waals surface area (Å²) in [4.78, 5) is 17.6. The van der Waals surface area contributed by atoms with Crippen LogP contribution in [0.25, 0.3) is 11.0 Å². The highest BCUT2D eigenvalue weighted by molar-refractivity contribution is 7.92. The van der Waals surface area contributed by atoms with Crippen LogP contribution in [0.5, 0.6) is 5.75 Å². The molecule has 6 rings (SSSR count). The number of rotatable bonds is 10. The lowest BCUT2D eigenvalue weighted by Gasteiger charge is -2.33. The number of fused-ring (bicyclic) bond motifs is 2. The van der Waals surface area contributed by atoms with E-state index in [1.165, 1.54) is 21.7 Å². The molecule has 11 nitrogen and oxygen atoms in total. The van der Waals surface area contributed by atoms with E-state index in [4.69, 9.17) is 14.7 Å². The monoisotopic (exact) mass is 618 g/mol. The van der Waals surface area contributed by atoms with Gasteiger partial charge in [0.1, 0.15) is 17.2 Å². The molecule has 0 unspecified atom stereocenters. The zero-order valence-corrected chi connectivity index (χ0v) is 27.0. The number of H-pyrrole nitrogens is 1. The van der Waals surface area contributed by atoms with Crippen LogP contribution in [0.15, 0.2) is 42.6 Å². The Morgan fingerprint density at radius 3 is 2.59 bits per heavy atom. The maximum atomic E-state index is 12.5. The third kappa shape index (κ3) is 6.19. The summed E-state index contributed by atoms with van der Waals surface area (Å²) in [6.07, 6.45) is 5.99. The molecule has 234 valence electrons. The molecular formula is C32H42N8O3S. The second-order valence-electron chi connectivity index (χ2n) is 12.1. The molecule has 0 radical (unpaired) electrons. The molecule has 12 heteroatoms. The minimum atomic E-state index is -3.42. The second kappa shape index (κ2) is 12.3. The number of methoxy groups -OCH3 is 1. The summed E-state index contributed by atoms with van der Waals surface area (Å²) in [7, 11) is 2.52. The molecular weight excluding hydrogens is 576 g/mol. The zero-order chi connectivity index (χ0) is 31.0. The van der Waals surface area contributed by atoms with Gasteiger partial charge in [-0.2, -0.15) is 9.97 Å². The number of likely N-dealkylation sites (tertiary alicyclic amines) is 1. The Hall–Kier alpha value is -3.87. The van der Waals surface area contributed by atoms with Crippen molar-refractivity contribution < 1.29 is 13.2 Å². The summed E-state index contributed by atoms with van der Waals surface area (Å²) < 4.78 is 32.4. The number of sulfonamides is 1. The van der Waals surface area contributed by atoms with Gasteiger partial charge in [-0.3, -0.25) is 4.31 Å². The average Bonchev–Trinajstić information content (AvgIpc) is 3.65. The summed E-state index contributed by atoms with van der Waals surface area (Å²) >= 11 is 0. The standard InChI is InChI=1S/C32H42N8O3S/c1-21-19-27(28(43-4)20-25(21)22-10-14-39(15-11-22)18-17-38(2)3)35-32-36-30-24(9-13-33-30)31(37-32)34-26-8-6-7-23-12-16-40(29(23)26)44(5,41)42/h6-9,13,19-20,22H,10-12,14-18H2,1-5H3,(H3,33,34,35,36,37). The Bertz CT molecular complexity index is 1760. The van der Waals surface area contributed by atoms with Gasteiger partial charge in [0, 0.05) is 25.8 Å². The Labute approximate surface area is 259 Å². The average molecular weight is 619 g/mol. The zero-order valence-electron chi connectivity index (χ0n) is 26.1. The number of hydrogen-bond donors (Lipinski definition) is 3. The molecule has 0 amide bonds. The fraction of sp³-hybridized carbons (Fsp3) is 0.438. The van der Waals surface area contributed by atoms with E-state index in [0.717, 1.165) is 61.4 Å². The van der Waals surface area contributed by atoms with Gasteiger partial charge in [-0.15, -0.1) is 0 Å². The van der Waals surface area contributed by atoms with E-state index in [0.29, 0.717) is 47.7 Å². The van der Waals surface area contributed by atoms with E-state index in [1.54, 1.807) is 7.11 Å². The van der Waals surface area contributed by atoms with Crippen molar-refractivity contribution >= 4 is 49.9 Å². The van der Waals surface area contributed by atoms with Crippen molar-refractivity contribution in [3.8, 4) is 5.75 Å². The number of aryl methyl sites for hydroxylation is 1. The van der Waals surface area contributed by atoms with Crippen molar-refractivity contribution in [3.63, 3.8) is 0 Å². The lowest BCUT2D eigenvalue weighted by atomic mass is 9.86. The van der Waals surface area contributed by atoms with Crippen molar-refractivity contribution in [2.45, 2.75) is 32.1 Å². The molecule has 0 saturated carbocycles. The number of para-hydroxylation sites is 1. The fourth-order valence-electron chi connectivity index (χ4n) is 6.41. The Balaban J connectivity index is 1.26. The first kappa shape index (κ1) is 30.2. The molecule has 0 spiro atoms. The number of nitrogens with zero attached hydrogens (tertiary/aromatic N) is 5. The smallest absolute Gasteiger partial charge is 0.232 e. The van der Waals surface area contributed by atoms with Gasteiger partial charge >= 0.3 is 0 Å². The lowest BCUT2D eigenvalue weighted by Crippen LogP contribution is -2.37. The van der Waals surface area contributed by atoms with Crippen LogP contribution in [0, 0.1) is 6.92 Å². The highest BCUT2D eigenvalue weighted by Gasteiger charge is 2.29. The first-order valence-corrected chi connectivity index (χ1v) is 17.0. The van der Waals surface area contributed by atoms with Gasteiger partial charge in [0.25, 0.3) is 0 Å². The van der Waals surface area contributed by atoms with Gasteiger partial charge in [0.05, 0.1) is 35.8 Å². The molecule has 4 aromatic rings. The number of ether oxygens (including phenoxy) is 1. The van der Waals surface area contributed by atoms with Gasteiger partial charge in [0.2, 0.25) is 16.0 Å². The van der Waals surface area contributed by atoms with Gasteiger partial charge in [-0.25, -0.2) is 8.42 Å². The lowest BCUT2D eigenvalue weighted by molar-refractivity contribution is 0.193. The Kier molecular flexibility index (Phi) is 8.40. The predicted octanol–water partition coefficient (Wildman–Crippen LogP) is 4.83. The molecule has 2 aliphatic rings. The van der Waals surface area contributed by atoms with E-state index >= 15 is 0 Å². The van der Waals surface area contributed by atoms with Crippen molar-refractivity contribution in [1.29, 1.82) is 0 Å². The molecule has 44 heavy (non-hydrogen) atoms. The van der Waals surface area contributed by atoms with E-state index in [9.17, 15) is 8.42 Å². The number of anilines is 5. The number of aromatic amines is 1. The molecule has 0 aliphatic carbocycles. The number of nitrogens with one attached hydrogen (secondary N) is 3. The van der Waals surface area contributed by atoms with Crippen LogP contribution in [0.3, 0.4) is 0 Å². The fourth-order valence-corrected chi connectivity index (χ4v) is 7.38. The maximum Gasteiger partial charge on any atom is 0.232 e. The molecule has 1 fully saturated rings. The van der Waals surface area contributed by atoms with Crippen LogP contribution in [0.1, 0.15) is 35.4 Å².